The highest BCUT2D eigenvalue weighted by molar-refractivity contribution is 6.42. The van der Waals surface area contributed by atoms with Crippen LogP contribution in [0.5, 0.6) is 0 Å². The van der Waals surface area contributed by atoms with Crippen molar-refractivity contribution in [3.8, 4) is 0 Å². The van der Waals surface area contributed by atoms with E-state index in [2.05, 4.69) is 20.1 Å². The van der Waals surface area contributed by atoms with E-state index in [0.29, 0.717) is 22.3 Å². The van der Waals surface area contributed by atoms with Gasteiger partial charge in [-0.15, -0.1) is 0 Å². The number of pyridine rings is 1. The molecule has 2 aromatic rings. The molecule has 0 unspecified atom stereocenters. The van der Waals surface area contributed by atoms with Gasteiger partial charge in [-0.3, -0.25) is 9.69 Å². The topological polar surface area (TPSA) is 48.5 Å². The third kappa shape index (κ3) is 4.81. The molecule has 5 nitrogen and oxygen atoms in total. The molecule has 0 bridgehead atoms. The second-order valence-electron chi connectivity index (χ2n) is 5.78. The summed E-state index contributed by atoms with van der Waals surface area (Å²) >= 11 is 11.8. The molecule has 1 aliphatic rings. The molecule has 0 saturated carbocycles. The van der Waals surface area contributed by atoms with E-state index in [-0.39, 0.29) is 5.91 Å². The molecule has 132 valence electrons. The summed E-state index contributed by atoms with van der Waals surface area (Å²) < 4.78 is 13.2. The maximum Gasteiger partial charge on any atom is 0.238 e. The molecule has 1 fully saturated rings. The van der Waals surface area contributed by atoms with Crippen LogP contribution in [0.2, 0.25) is 10.0 Å². The van der Waals surface area contributed by atoms with Crippen LogP contribution in [0.4, 0.5) is 15.8 Å². The quantitative estimate of drug-likeness (QED) is 0.824. The van der Waals surface area contributed by atoms with Crippen LogP contribution in [-0.2, 0) is 4.79 Å². The highest BCUT2D eigenvalue weighted by Gasteiger charge is 2.19. The third-order valence-electron chi connectivity index (χ3n) is 4.02. The number of piperazine rings is 1. The van der Waals surface area contributed by atoms with Gasteiger partial charge in [0.05, 0.1) is 16.6 Å². The summed E-state index contributed by atoms with van der Waals surface area (Å²) in [7, 11) is 0. The van der Waals surface area contributed by atoms with Crippen molar-refractivity contribution in [2.75, 3.05) is 42.9 Å². The van der Waals surface area contributed by atoms with E-state index < -0.39 is 5.95 Å². The second-order valence-corrected chi connectivity index (χ2v) is 6.59. The van der Waals surface area contributed by atoms with Crippen molar-refractivity contribution >= 4 is 40.5 Å². The van der Waals surface area contributed by atoms with Crippen molar-refractivity contribution in [3.05, 3.63) is 52.5 Å². The monoisotopic (exact) mass is 382 g/mol. The van der Waals surface area contributed by atoms with Crippen molar-refractivity contribution in [1.82, 2.24) is 9.88 Å². The number of rotatable bonds is 4. The maximum absolute atomic E-state index is 13.2. The number of aromatic nitrogens is 1. The van der Waals surface area contributed by atoms with Crippen LogP contribution in [-0.4, -0.2) is 48.5 Å². The maximum atomic E-state index is 13.2. The molecule has 1 aromatic carbocycles. The summed E-state index contributed by atoms with van der Waals surface area (Å²) in [6, 6.07) is 8.19. The van der Waals surface area contributed by atoms with Crippen LogP contribution in [0.15, 0.2) is 36.5 Å². The Morgan fingerprint density at radius 2 is 1.88 bits per heavy atom. The van der Waals surface area contributed by atoms with E-state index in [9.17, 15) is 9.18 Å². The SMILES string of the molecule is O=C(CN1CCN(c2ccnc(F)c2)CC1)Nc1ccc(Cl)c(Cl)c1. The number of hydrogen-bond acceptors (Lipinski definition) is 4. The first-order valence-electron chi connectivity index (χ1n) is 7.85. The van der Waals surface area contributed by atoms with Crippen molar-refractivity contribution in [2.24, 2.45) is 0 Å². The van der Waals surface area contributed by atoms with Crippen molar-refractivity contribution in [1.29, 1.82) is 0 Å². The van der Waals surface area contributed by atoms with Gasteiger partial charge >= 0.3 is 0 Å². The Hall–Kier alpha value is -1.89. The van der Waals surface area contributed by atoms with E-state index >= 15 is 0 Å². The van der Waals surface area contributed by atoms with E-state index in [1.54, 1.807) is 24.3 Å². The highest BCUT2D eigenvalue weighted by atomic mass is 35.5. The lowest BCUT2D eigenvalue weighted by atomic mass is 10.2. The minimum atomic E-state index is -0.485. The van der Waals surface area contributed by atoms with Gasteiger partial charge in [0.25, 0.3) is 0 Å². The Balaban J connectivity index is 1.50. The van der Waals surface area contributed by atoms with Crippen LogP contribution in [0.25, 0.3) is 0 Å². The van der Waals surface area contributed by atoms with Gasteiger partial charge in [0.1, 0.15) is 0 Å². The molecule has 2 heterocycles. The Labute approximate surface area is 155 Å². The number of hydrogen-bond donors (Lipinski definition) is 1. The molecule has 1 N–H and O–H groups in total. The Bertz CT molecular complexity index is 766. The van der Waals surface area contributed by atoms with Crippen molar-refractivity contribution in [2.45, 2.75) is 0 Å². The molecule has 1 aliphatic heterocycles. The molecule has 0 aliphatic carbocycles. The number of amides is 1. The minimum Gasteiger partial charge on any atom is -0.369 e. The predicted octanol–water partition coefficient (Wildman–Crippen LogP) is 3.29. The lowest BCUT2D eigenvalue weighted by molar-refractivity contribution is -0.117. The van der Waals surface area contributed by atoms with Crippen LogP contribution < -0.4 is 10.2 Å². The first kappa shape index (κ1) is 17.9. The van der Waals surface area contributed by atoms with E-state index in [1.807, 2.05) is 0 Å². The summed E-state index contributed by atoms with van der Waals surface area (Å²) in [6.07, 6.45) is 1.46. The first-order valence-corrected chi connectivity index (χ1v) is 8.60. The fraction of sp³-hybridized carbons (Fsp3) is 0.294. The van der Waals surface area contributed by atoms with E-state index in [0.717, 1.165) is 31.9 Å². The largest absolute Gasteiger partial charge is 0.369 e. The normalized spacial score (nSPS) is 15.2. The van der Waals surface area contributed by atoms with E-state index in [4.69, 9.17) is 23.2 Å². The first-order chi connectivity index (χ1) is 12.0. The van der Waals surface area contributed by atoms with Gasteiger partial charge in [0.15, 0.2) is 0 Å². The number of nitrogens with one attached hydrogen (secondary N) is 1. The summed E-state index contributed by atoms with van der Waals surface area (Å²) in [5.41, 5.74) is 1.43. The number of carbonyl (C=O) groups is 1. The average Bonchev–Trinajstić information content (AvgIpc) is 2.59. The Morgan fingerprint density at radius 3 is 2.56 bits per heavy atom. The molecule has 0 spiro atoms. The summed E-state index contributed by atoms with van der Waals surface area (Å²) in [5, 5.41) is 3.66. The molecular weight excluding hydrogens is 366 g/mol. The smallest absolute Gasteiger partial charge is 0.238 e. The summed E-state index contributed by atoms with van der Waals surface area (Å²) in [6.45, 7) is 3.18. The number of carbonyl (C=O) groups excluding carboxylic acids is 1. The zero-order chi connectivity index (χ0) is 17.8. The Morgan fingerprint density at radius 1 is 1.12 bits per heavy atom. The van der Waals surface area contributed by atoms with Crippen molar-refractivity contribution < 1.29 is 9.18 Å². The summed E-state index contributed by atoms with van der Waals surface area (Å²) in [5.74, 6) is -0.595. The molecule has 1 aromatic heterocycles. The summed E-state index contributed by atoms with van der Waals surface area (Å²) in [4.78, 5) is 19.9. The molecule has 3 rings (SSSR count). The Kier molecular flexibility index (Phi) is 5.73. The lowest BCUT2D eigenvalue weighted by Crippen LogP contribution is -2.48. The van der Waals surface area contributed by atoms with Gasteiger partial charge in [0.2, 0.25) is 11.9 Å². The van der Waals surface area contributed by atoms with Gasteiger partial charge in [-0.25, -0.2) is 4.98 Å². The standard InChI is InChI=1S/C17H17Cl2FN4O/c18-14-2-1-12(9-15(14)19)22-17(25)11-23-5-7-24(8-6-23)13-3-4-21-16(20)10-13/h1-4,9-10H,5-8,11H2,(H,22,25). The highest BCUT2D eigenvalue weighted by Crippen LogP contribution is 2.25. The third-order valence-corrected chi connectivity index (χ3v) is 4.76. The van der Waals surface area contributed by atoms with Gasteiger partial charge < -0.3 is 10.2 Å². The lowest BCUT2D eigenvalue weighted by Gasteiger charge is -2.35. The van der Waals surface area contributed by atoms with E-state index in [1.165, 1.54) is 12.3 Å². The van der Waals surface area contributed by atoms with Gasteiger partial charge in [-0.05, 0) is 24.3 Å². The second kappa shape index (κ2) is 7.99. The number of benzene rings is 1. The minimum absolute atomic E-state index is 0.109. The molecular formula is C17H17Cl2FN4O. The van der Waals surface area contributed by atoms with Crippen LogP contribution in [0.1, 0.15) is 0 Å². The van der Waals surface area contributed by atoms with Crippen molar-refractivity contribution in [3.63, 3.8) is 0 Å². The number of halogens is 3. The van der Waals surface area contributed by atoms with Crippen LogP contribution in [0, 0.1) is 5.95 Å². The zero-order valence-corrected chi connectivity index (χ0v) is 14.9. The van der Waals surface area contributed by atoms with Gasteiger partial charge in [0, 0.05) is 49.8 Å². The fourth-order valence-electron chi connectivity index (χ4n) is 2.73. The molecule has 0 atom stereocenters. The number of nitrogens with zero attached hydrogens (tertiary/aromatic N) is 3. The molecule has 25 heavy (non-hydrogen) atoms. The van der Waals surface area contributed by atoms with Gasteiger partial charge in [-0.2, -0.15) is 4.39 Å². The van der Waals surface area contributed by atoms with Crippen LogP contribution in [0.3, 0.4) is 0 Å². The zero-order valence-electron chi connectivity index (χ0n) is 13.4. The molecule has 1 saturated heterocycles. The fourth-order valence-corrected chi connectivity index (χ4v) is 3.03. The van der Waals surface area contributed by atoms with Gasteiger partial charge in [-0.1, -0.05) is 23.2 Å². The van der Waals surface area contributed by atoms with Crippen LogP contribution >= 0.6 is 23.2 Å². The molecule has 1 amide bonds. The predicted molar refractivity (Wildman–Crippen MR) is 97.9 cm³/mol. The molecule has 8 heteroatoms. The average molecular weight is 383 g/mol. The number of anilines is 2. The molecule has 0 radical (unpaired) electrons.